The normalized spacial score (nSPS) is 15.1. The van der Waals surface area contributed by atoms with Crippen LogP contribution >= 0.6 is 0 Å². The molecule has 3 rings (SSSR count). The van der Waals surface area contributed by atoms with Crippen LogP contribution in [0.2, 0.25) is 0 Å². The molecule has 180 valence electrons. The van der Waals surface area contributed by atoms with E-state index in [1.807, 2.05) is 6.92 Å². The highest BCUT2D eigenvalue weighted by Crippen LogP contribution is 2.23. The number of carboxylic acid groups (broad SMARTS) is 1. The predicted octanol–water partition coefficient (Wildman–Crippen LogP) is 2.60. The molecule has 0 aliphatic carbocycles. The van der Waals surface area contributed by atoms with Gasteiger partial charge in [0.05, 0.1) is 15.5 Å². The highest BCUT2D eigenvalue weighted by Gasteiger charge is 2.19. The molecule has 1 heterocycles. The maximum atomic E-state index is 12.8. The molecule has 0 aromatic heterocycles. The van der Waals surface area contributed by atoms with E-state index in [1.165, 1.54) is 0 Å². The van der Waals surface area contributed by atoms with Crippen LogP contribution < -0.4 is 10.0 Å². The first kappa shape index (κ1) is 26.7. The van der Waals surface area contributed by atoms with Gasteiger partial charge in [0.25, 0.3) is 5.97 Å². The van der Waals surface area contributed by atoms with Crippen molar-refractivity contribution >= 4 is 31.9 Å². The number of hydrogen-bond donors (Lipinski definition) is 3. The number of hydrogen-bond acceptors (Lipinski definition) is 6. The molecule has 0 unspecified atom stereocenters. The molecule has 3 N–H and O–H groups in total. The number of sulfone groups is 1. The molecule has 10 heteroatoms. The van der Waals surface area contributed by atoms with E-state index in [9.17, 15) is 16.8 Å². The average molecular weight is 495 g/mol. The quantitative estimate of drug-likeness (QED) is 0.539. The first-order valence-electron chi connectivity index (χ1n) is 10.5. The highest BCUT2D eigenvalue weighted by molar-refractivity contribution is 7.91. The topological polar surface area (TPSA) is 130 Å². The summed E-state index contributed by atoms with van der Waals surface area (Å²) in [5.74, 6) is -0.980. The van der Waals surface area contributed by atoms with Gasteiger partial charge in [0.2, 0.25) is 19.9 Å². The van der Waals surface area contributed by atoms with Crippen LogP contribution in [0.15, 0.2) is 64.4 Å². The highest BCUT2D eigenvalue weighted by atomic mass is 32.2. The minimum Gasteiger partial charge on any atom is -0.481 e. The Bertz CT molecular complexity index is 1170. The predicted molar refractivity (Wildman–Crippen MR) is 128 cm³/mol. The Hall–Kier alpha value is -2.53. The van der Waals surface area contributed by atoms with Gasteiger partial charge >= 0.3 is 0 Å². The van der Waals surface area contributed by atoms with E-state index in [2.05, 4.69) is 10.0 Å². The van der Waals surface area contributed by atoms with Crippen molar-refractivity contribution in [3.63, 3.8) is 0 Å². The summed E-state index contributed by atoms with van der Waals surface area (Å²) >= 11 is 0. The molecule has 1 aliphatic heterocycles. The molecule has 0 atom stereocenters. The van der Waals surface area contributed by atoms with Crippen LogP contribution in [0.25, 0.3) is 6.08 Å². The van der Waals surface area contributed by atoms with Crippen molar-refractivity contribution in [3.05, 3.63) is 65.7 Å². The monoisotopic (exact) mass is 494 g/mol. The lowest BCUT2D eigenvalue weighted by atomic mass is 10.1. The molecule has 1 aliphatic rings. The lowest BCUT2D eigenvalue weighted by molar-refractivity contribution is -0.134. The van der Waals surface area contributed by atoms with Crippen molar-refractivity contribution in [1.29, 1.82) is 0 Å². The zero-order valence-electron chi connectivity index (χ0n) is 18.7. The largest absolute Gasteiger partial charge is 0.481 e. The maximum absolute atomic E-state index is 12.8. The van der Waals surface area contributed by atoms with Gasteiger partial charge in [-0.25, -0.2) is 21.6 Å². The summed E-state index contributed by atoms with van der Waals surface area (Å²) < 4.78 is 53.0. The molecular formula is C23H30N2O6S2. The van der Waals surface area contributed by atoms with E-state index in [0.717, 1.165) is 38.4 Å². The minimum atomic E-state index is -3.62. The fourth-order valence-corrected chi connectivity index (χ4v) is 5.75. The molecule has 0 saturated carbocycles. The van der Waals surface area contributed by atoms with E-state index in [1.54, 1.807) is 60.7 Å². The van der Waals surface area contributed by atoms with Gasteiger partial charge in [-0.1, -0.05) is 36.4 Å². The lowest BCUT2D eigenvalue weighted by Gasteiger charge is -2.23. The standard InChI is InChI=1S/C21H26N2O4S2.C2H4O2/c1-17-9-10-21(29(26,27)20-7-3-2-4-8-20)16-18(17)6-5-15-28(24,25)23-19-11-13-22-14-12-19;1-2(3)4/h2-10,16,19,22-23H,11-15H2,1H3;1H3,(H,3,4). The summed E-state index contributed by atoms with van der Waals surface area (Å²) in [4.78, 5) is 9.41. The van der Waals surface area contributed by atoms with Crippen molar-refractivity contribution in [3.8, 4) is 0 Å². The van der Waals surface area contributed by atoms with Crippen LogP contribution in [-0.2, 0) is 24.7 Å². The van der Waals surface area contributed by atoms with E-state index in [4.69, 9.17) is 9.90 Å². The number of carbonyl (C=O) groups is 1. The van der Waals surface area contributed by atoms with Gasteiger partial charge in [-0.2, -0.15) is 0 Å². The number of nitrogens with one attached hydrogen (secondary N) is 2. The third-order valence-electron chi connectivity index (χ3n) is 4.91. The number of piperidine rings is 1. The fraction of sp³-hybridized carbons (Fsp3) is 0.348. The molecule has 0 radical (unpaired) electrons. The first-order chi connectivity index (χ1) is 15.5. The van der Waals surface area contributed by atoms with E-state index in [0.29, 0.717) is 5.56 Å². The van der Waals surface area contributed by atoms with Crippen LogP contribution in [-0.4, -0.2) is 52.8 Å². The van der Waals surface area contributed by atoms with Crippen LogP contribution in [0.5, 0.6) is 0 Å². The number of sulfonamides is 1. The first-order valence-corrected chi connectivity index (χ1v) is 13.6. The van der Waals surface area contributed by atoms with Crippen molar-refractivity contribution < 1.29 is 26.7 Å². The molecule has 0 spiro atoms. The summed E-state index contributed by atoms with van der Waals surface area (Å²) in [6.45, 7) is 4.57. The zero-order chi connectivity index (χ0) is 24.5. The van der Waals surface area contributed by atoms with Gasteiger partial charge < -0.3 is 10.4 Å². The molecule has 33 heavy (non-hydrogen) atoms. The minimum absolute atomic E-state index is 0.0317. The molecule has 0 amide bonds. The third kappa shape index (κ3) is 8.73. The number of rotatable bonds is 7. The summed E-state index contributed by atoms with van der Waals surface area (Å²) in [6, 6.07) is 13.1. The molecule has 2 aromatic carbocycles. The number of aliphatic carboxylic acids is 1. The lowest BCUT2D eigenvalue weighted by Crippen LogP contribution is -2.43. The van der Waals surface area contributed by atoms with Gasteiger partial charge in [-0.15, -0.1) is 0 Å². The van der Waals surface area contributed by atoms with Crippen molar-refractivity contribution in [2.24, 2.45) is 0 Å². The fourth-order valence-electron chi connectivity index (χ4n) is 3.24. The van der Waals surface area contributed by atoms with E-state index in [-0.39, 0.29) is 21.6 Å². The smallest absolute Gasteiger partial charge is 0.300 e. The summed E-state index contributed by atoms with van der Waals surface area (Å²) in [5.41, 5.74) is 1.55. The number of carboxylic acids is 1. The maximum Gasteiger partial charge on any atom is 0.300 e. The van der Waals surface area contributed by atoms with Crippen molar-refractivity contribution in [1.82, 2.24) is 10.0 Å². The molecule has 2 aromatic rings. The van der Waals surface area contributed by atoms with Gasteiger partial charge in [0.1, 0.15) is 0 Å². The van der Waals surface area contributed by atoms with Gasteiger partial charge in [0.15, 0.2) is 0 Å². The summed E-state index contributed by atoms with van der Waals surface area (Å²) in [5, 5.41) is 10.6. The Balaban J connectivity index is 0.000000890. The van der Waals surface area contributed by atoms with Crippen LogP contribution in [0.1, 0.15) is 30.9 Å². The Kier molecular flexibility index (Phi) is 9.78. The van der Waals surface area contributed by atoms with Crippen LogP contribution in [0, 0.1) is 6.92 Å². The van der Waals surface area contributed by atoms with Gasteiger partial charge in [0, 0.05) is 13.0 Å². The third-order valence-corrected chi connectivity index (χ3v) is 8.00. The van der Waals surface area contributed by atoms with E-state index < -0.39 is 25.8 Å². The van der Waals surface area contributed by atoms with Gasteiger partial charge in [-0.05, 0) is 68.2 Å². The Morgan fingerprint density at radius 2 is 1.67 bits per heavy atom. The second kappa shape index (κ2) is 12.1. The van der Waals surface area contributed by atoms with Crippen LogP contribution in [0.3, 0.4) is 0 Å². The second-order valence-electron chi connectivity index (χ2n) is 7.68. The molecule has 1 fully saturated rings. The second-order valence-corrected chi connectivity index (χ2v) is 11.4. The number of aryl methyl sites for hydroxylation is 1. The average Bonchev–Trinajstić information content (AvgIpc) is 2.75. The van der Waals surface area contributed by atoms with E-state index >= 15 is 0 Å². The molecule has 8 nitrogen and oxygen atoms in total. The molecule has 0 bridgehead atoms. The zero-order valence-corrected chi connectivity index (χ0v) is 20.3. The Morgan fingerprint density at radius 1 is 1.06 bits per heavy atom. The van der Waals surface area contributed by atoms with Crippen molar-refractivity contribution in [2.75, 3.05) is 18.8 Å². The Labute approximate surface area is 195 Å². The van der Waals surface area contributed by atoms with Crippen LogP contribution in [0.4, 0.5) is 0 Å². The SMILES string of the molecule is CC(=O)O.Cc1ccc(S(=O)(=O)c2ccccc2)cc1C=CCS(=O)(=O)NC1CCNCC1. The molecule has 1 saturated heterocycles. The number of benzene rings is 2. The Morgan fingerprint density at radius 3 is 2.27 bits per heavy atom. The summed E-state index contributed by atoms with van der Waals surface area (Å²) in [6.07, 6.45) is 4.79. The van der Waals surface area contributed by atoms with Gasteiger partial charge in [-0.3, -0.25) is 4.79 Å². The molecular weight excluding hydrogens is 464 g/mol. The summed E-state index contributed by atoms with van der Waals surface area (Å²) in [7, 11) is -7.05. The van der Waals surface area contributed by atoms with Crippen molar-refractivity contribution in [2.45, 2.75) is 42.5 Å².